The van der Waals surface area contributed by atoms with E-state index in [0.29, 0.717) is 47.0 Å². The first-order valence-corrected chi connectivity index (χ1v) is 13.9. The molecule has 0 radical (unpaired) electrons. The quantitative estimate of drug-likeness (QED) is 0.259. The molecule has 3 amide bonds. The van der Waals surface area contributed by atoms with Crippen LogP contribution in [0.1, 0.15) is 11.1 Å². The minimum Gasteiger partial charge on any atom is -0.486 e. The minimum atomic E-state index is -0.523. The maximum absolute atomic E-state index is 13.2. The Kier molecular flexibility index (Phi) is 7.18. The number of fused-ring (bicyclic) bond motifs is 2. The molecule has 0 atom stereocenters. The number of hydrogen-bond acceptors (Lipinski definition) is 6. The second-order valence-corrected chi connectivity index (χ2v) is 11.0. The number of ether oxygens (including phenoxy) is 2. The zero-order valence-electron chi connectivity index (χ0n) is 20.9. The molecule has 6 rings (SSSR count). The van der Waals surface area contributed by atoms with E-state index in [9.17, 15) is 14.4 Å². The highest BCUT2D eigenvalue weighted by Crippen LogP contribution is 2.35. The van der Waals surface area contributed by atoms with Crippen LogP contribution >= 0.6 is 35.0 Å². The topological polar surface area (TPSA) is 89.9 Å². The monoisotopic (exact) mass is 593 g/mol. The molecule has 1 aromatic heterocycles. The van der Waals surface area contributed by atoms with Crippen LogP contribution in [0.5, 0.6) is 11.5 Å². The molecular weight excluding hydrogens is 573 g/mol. The summed E-state index contributed by atoms with van der Waals surface area (Å²) in [6.45, 7) is 0.961. The zero-order chi connectivity index (χ0) is 27.8. The smallest absolute Gasteiger partial charge is 0.294 e. The third-order valence-corrected chi connectivity index (χ3v) is 7.96. The Balaban J connectivity index is 1.20. The van der Waals surface area contributed by atoms with Gasteiger partial charge in [0.2, 0.25) is 5.91 Å². The lowest BCUT2D eigenvalue weighted by Crippen LogP contribution is -2.36. The van der Waals surface area contributed by atoms with Gasteiger partial charge in [-0.1, -0.05) is 47.5 Å². The number of imide groups is 1. The number of benzene rings is 3. The molecule has 1 N–H and O–H groups in total. The number of nitrogens with one attached hydrogen (secondary N) is 1. The fourth-order valence-corrected chi connectivity index (χ4v) is 5.89. The minimum absolute atomic E-state index is 0.240. The average Bonchev–Trinajstić information content (AvgIpc) is 3.42. The van der Waals surface area contributed by atoms with Crippen LogP contribution in [-0.4, -0.2) is 46.3 Å². The van der Waals surface area contributed by atoms with Crippen LogP contribution in [0.15, 0.2) is 71.8 Å². The Bertz CT molecular complexity index is 1720. The summed E-state index contributed by atoms with van der Waals surface area (Å²) in [5.41, 5.74) is 3.08. The summed E-state index contributed by atoms with van der Waals surface area (Å²) in [5, 5.41) is 4.23. The van der Waals surface area contributed by atoms with Gasteiger partial charge in [0, 0.05) is 51.0 Å². The molecule has 3 heterocycles. The van der Waals surface area contributed by atoms with Crippen LogP contribution in [0, 0.1) is 0 Å². The van der Waals surface area contributed by atoms with E-state index in [2.05, 4.69) is 5.32 Å². The highest BCUT2D eigenvalue weighted by atomic mass is 35.5. The molecule has 0 aliphatic carbocycles. The fourth-order valence-electron chi connectivity index (χ4n) is 4.60. The molecule has 0 unspecified atom stereocenters. The summed E-state index contributed by atoms with van der Waals surface area (Å²) < 4.78 is 13.1. The fraction of sp³-hybridized carbons (Fsp3) is 0.138. The van der Waals surface area contributed by atoms with Crippen molar-refractivity contribution in [2.75, 3.05) is 25.1 Å². The molecule has 0 bridgehead atoms. The lowest BCUT2D eigenvalue weighted by molar-refractivity contribution is -0.127. The van der Waals surface area contributed by atoms with Gasteiger partial charge in [0.25, 0.3) is 11.1 Å². The zero-order valence-corrected chi connectivity index (χ0v) is 23.2. The summed E-state index contributed by atoms with van der Waals surface area (Å²) in [6, 6.07) is 18.1. The van der Waals surface area contributed by atoms with Gasteiger partial charge in [0.1, 0.15) is 19.8 Å². The van der Waals surface area contributed by atoms with Gasteiger partial charge in [-0.05, 0) is 53.7 Å². The predicted molar refractivity (Wildman–Crippen MR) is 156 cm³/mol. The van der Waals surface area contributed by atoms with Crippen LogP contribution in [-0.2, 0) is 16.1 Å². The van der Waals surface area contributed by atoms with E-state index >= 15 is 0 Å². The highest BCUT2D eigenvalue weighted by molar-refractivity contribution is 8.18. The molecule has 2 aliphatic heterocycles. The molecule has 8 nitrogen and oxygen atoms in total. The van der Waals surface area contributed by atoms with Crippen molar-refractivity contribution in [3.8, 4) is 11.5 Å². The summed E-state index contributed by atoms with van der Waals surface area (Å²) in [7, 11) is 0. The van der Waals surface area contributed by atoms with Gasteiger partial charge < -0.3 is 19.4 Å². The maximum Gasteiger partial charge on any atom is 0.294 e. The lowest BCUT2D eigenvalue weighted by atomic mass is 10.1. The van der Waals surface area contributed by atoms with E-state index in [1.165, 1.54) is 0 Å². The van der Waals surface area contributed by atoms with Crippen molar-refractivity contribution in [1.29, 1.82) is 0 Å². The Morgan fingerprint density at radius 3 is 2.62 bits per heavy atom. The van der Waals surface area contributed by atoms with Gasteiger partial charge in [-0.15, -0.1) is 0 Å². The first-order chi connectivity index (χ1) is 19.4. The van der Waals surface area contributed by atoms with E-state index in [4.69, 9.17) is 32.7 Å². The Morgan fingerprint density at radius 2 is 1.80 bits per heavy atom. The molecule has 11 heteroatoms. The number of rotatable bonds is 6. The van der Waals surface area contributed by atoms with E-state index in [1.807, 2.05) is 41.1 Å². The van der Waals surface area contributed by atoms with Crippen LogP contribution in [0.2, 0.25) is 10.0 Å². The summed E-state index contributed by atoms with van der Waals surface area (Å²) >= 11 is 13.3. The number of hydrogen-bond donors (Lipinski definition) is 1. The highest BCUT2D eigenvalue weighted by Gasteiger charge is 2.36. The van der Waals surface area contributed by atoms with Crippen LogP contribution in [0.4, 0.5) is 10.5 Å². The van der Waals surface area contributed by atoms with Crippen LogP contribution in [0.25, 0.3) is 17.0 Å². The van der Waals surface area contributed by atoms with Gasteiger partial charge in [-0.25, -0.2) is 0 Å². The molecule has 40 heavy (non-hydrogen) atoms. The van der Waals surface area contributed by atoms with Gasteiger partial charge in [-0.2, -0.15) is 0 Å². The van der Waals surface area contributed by atoms with Crippen LogP contribution < -0.4 is 14.8 Å². The molecular formula is C29H21Cl2N3O5S. The number of aromatic nitrogens is 1. The van der Waals surface area contributed by atoms with Crippen LogP contribution in [0.3, 0.4) is 0 Å². The standard InChI is InChI=1S/C29H21Cl2N3O5S/c30-19-6-5-17(22(31)12-19)14-33-15-18(21-3-1-2-4-23(21)33)11-26-28(36)34(29(37)40-26)16-27(35)32-20-7-8-24-25(13-20)39-10-9-38-24/h1-8,11-13,15H,9-10,14,16H2,(H,32,35)/b26-11+. The number of carbonyl (C=O) groups excluding carboxylic acids is 3. The Labute approximate surface area is 243 Å². The van der Waals surface area contributed by atoms with E-state index < -0.39 is 23.6 Å². The maximum atomic E-state index is 13.2. The second-order valence-electron chi connectivity index (χ2n) is 9.14. The number of para-hydroxylation sites is 1. The Morgan fingerprint density at radius 1 is 1.00 bits per heavy atom. The van der Waals surface area contributed by atoms with Gasteiger partial charge in [0.05, 0.1) is 4.91 Å². The molecule has 0 saturated carbocycles. The first-order valence-electron chi connectivity index (χ1n) is 12.3. The summed E-state index contributed by atoms with van der Waals surface area (Å²) in [4.78, 5) is 39.8. The number of thioether (sulfide) groups is 1. The van der Waals surface area contributed by atoms with E-state index in [-0.39, 0.29) is 4.91 Å². The van der Waals surface area contributed by atoms with Gasteiger partial charge in [-0.3, -0.25) is 19.3 Å². The van der Waals surface area contributed by atoms with Crippen molar-refractivity contribution in [2.45, 2.75) is 6.54 Å². The lowest BCUT2D eigenvalue weighted by Gasteiger charge is -2.19. The molecule has 4 aromatic rings. The molecule has 1 fully saturated rings. The Hall–Kier alpha value is -3.92. The molecule has 3 aromatic carbocycles. The number of amides is 3. The van der Waals surface area contributed by atoms with Crippen molar-refractivity contribution >= 4 is 74.7 Å². The predicted octanol–water partition coefficient (Wildman–Crippen LogP) is 6.44. The first kappa shape index (κ1) is 26.3. The SMILES string of the molecule is O=C(CN1C(=O)S/C(=C/c2cn(Cc3ccc(Cl)cc3Cl)c3ccccc23)C1=O)Nc1ccc2c(c1)OCCO2. The number of halogens is 2. The van der Waals surface area contributed by atoms with Crippen molar-refractivity contribution in [2.24, 2.45) is 0 Å². The van der Waals surface area contributed by atoms with Gasteiger partial charge in [0.15, 0.2) is 11.5 Å². The molecule has 2 aliphatic rings. The number of anilines is 1. The summed E-state index contributed by atoms with van der Waals surface area (Å²) in [5.74, 6) is 0.0927. The molecule has 202 valence electrons. The third-order valence-electron chi connectivity index (χ3n) is 6.46. The van der Waals surface area contributed by atoms with Gasteiger partial charge >= 0.3 is 0 Å². The number of nitrogens with zero attached hydrogens (tertiary/aromatic N) is 2. The molecule has 1 saturated heterocycles. The van der Waals surface area contributed by atoms with Crippen molar-refractivity contribution in [3.63, 3.8) is 0 Å². The summed E-state index contributed by atoms with van der Waals surface area (Å²) in [6.07, 6.45) is 3.60. The van der Waals surface area contributed by atoms with Crippen molar-refractivity contribution < 1.29 is 23.9 Å². The normalized spacial score (nSPS) is 15.8. The van der Waals surface area contributed by atoms with Crippen molar-refractivity contribution in [1.82, 2.24) is 9.47 Å². The average molecular weight is 594 g/mol. The van der Waals surface area contributed by atoms with Crippen molar-refractivity contribution in [3.05, 3.63) is 92.9 Å². The van der Waals surface area contributed by atoms with E-state index in [1.54, 1.807) is 36.4 Å². The number of carbonyl (C=O) groups is 3. The molecule has 0 spiro atoms. The second kappa shape index (κ2) is 10.9. The largest absolute Gasteiger partial charge is 0.486 e. The van der Waals surface area contributed by atoms with E-state index in [0.717, 1.165) is 38.7 Å². The third kappa shape index (κ3) is 5.28.